The summed E-state index contributed by atoms with van der Waals surface area (Å²) in [6.07, 6.45) is 9.48. The van der Waals surface area contributed by atoms with Gasteiger partial charge in [0.2, 0.25) is 5.91 Å². The van der Waals surface area contributed by atoms with Gasteiger partial charge in [-0.2, -0.15) is 0 Å². The van der Waals surface area contributed by atoms with E-state index in [4.69, 9.17) is 0 Å². The van der Waals surface area contributed by atoms with E-state index in [0.29, 0.717) is 23.9 Å². The number of hydrogen-bond donors (Lipinski definition) is 2. The van der Waals surface area contributed by atoms with Gasteiger partial charge in [-0.25, -0.2) is 4.98 Å². The summed E-state index contributed by atoms with van der Waals surface area (Å²) in [5.41, 5.74) is 0.369. The molecule has 0 bridgehead atoms. The van der Waals surface area contributed by atoms with Crippen LogP contribution in [0.4, 0.5) is 0 Å². The molecule has 1 aromatic heterocycles. The SMILES string of the molecule is Cn1ccnc1CN(C(=O)[C@@H]1CCCNC1)[C@@H]1CC12CCNCC2. The van der Waals surface area contributed by atoms with Crippen molar-refractivity contribution < 1.29 is 4.79 Å². The number of hydrogen-bond acceptors (Lipinski definition) is 4. The highest BCUT2D eigenvalue weighted by atomic mass is 16.2. The lowest BCUT2D eigenvalue weighted by atomic mass is 9.92. The predicted octanol–water partition coefficient (Wildman–Crippen LogP) is 0.890. The molecular formula is C18H29N5O. The van der Waals surface area contributed by atoms with Crippen molar-refractivity contribution in [3.8, 4) is 0 Å². The average molecular weight is 331 g/mol. The van der Waals surface area contributed by atoms with Crippen LogP contribution in [0.15, 0.2) is 12.4 Å². The standard InChI is InChI=1S/C18H29N5O/c1-22-10-9-21-16(22)13-23(17(24)14-3-2-6-20-12-14)15-11-18(15)4-7-19-8-5-18/h9-10,14-15,19-20H,2-8,11-13H2,1H3/t14-,15-/m1/s1. The Bertz CT molecular complexity index is 586. The lowest BCUT2D eigenvalue weighted by Gasteiger charge is -2.33. The lowest BCUT2D eigenvalue weighted by Crippen LogP contribution is -2.46. The number of aryl methyl sites for hydroxylation is 1. The summed E-state index contributed by atoms with van der Waals surface area (Å²) < 4.78 is 2.04. The second kappa shape index (κ2) is 6.48. The molecule has 1 aromatic rings. The molecule has 1 saturated carbocycles. The summed E-state index contributed by atoms with van der Waals surface area (Å²) in [4.78, 5) is 19.9. The van der Waals surface area contributed by atoms with Crippen LogP contribution in [0, 0.1) is 11.3 Å². The zero-order chi connectivity index (χ0) is 16.6. The second-order valence-corrected chi connectivity index (χ2v) is 7.80. The highest BCUT2D eigenvalue weighted by Crippen LogP contribution is 2.56. The largest absolute Gasteiger partial charge is 0.337 e. The lowest BCUT2D eigenvalue weighted by molar-refractivity contribution is -0.138. The minimum atomic E-state index is 0.137. The van der Waals surface area contributed by atoms with Gasteiger partial charge in [0.05, 0.1) is 12.5 Å². The quantitative estimate of drug-likeness (QED) is 0.860. The van der Waals surface area contributed by atoms with Crippen molar-refractivity contribution in [3.05, 3.63) is 18.2 Å². The first-order valence-corrected chi connectivity index (χ1v) is 9.38. The van der Waals surface area contributed by atoms with Crippen molar-refractivity contribution in [2.75, 3.05) is 26.2 Å². The Hall–Kier alpha value is -1.40. The monoisotopic (exact) mass is 331 g/mol. The van der Waals surface area contributed by atoms with Crippen LogP contribution < -0.4 is 10.6 Å². The number of carbonyl (C=O) groups excluding carboxylic acids is 1. The van der Waals surface area contributed by atoms with Gasteiger partial charge in [-0.1, -0.05) is 0 Å². The van der Waals surface area contributed by atoms with Crippen molar-refractivity contribution in [2.24, 2.45) is 18.4 Å². The van der Waals surface area contributed by atoms with E-state index >= 15 is 0 Å². The minimum absolute atomic E-state index is 0.137. The Kier molecular flexibility index (Phi) is 4.35. The Balaban J connectivity index is 1.53. The molecule has 3 aliphatic rings. The van der Waals surface area contributed by atoms with Crippen molar-refractivity contribution in [1.29, 1.82) is 0 Å². The normalized spacial score (nSPS) is 28.7. The Morgan fingerprint density at radius 2 is 2.21 bits per heavy atom. The van der Waals surface area contributed by atoms with E-state index in [1.54, 1.807) is 0 Å². The van der Waals surface area contributed by atoms with Gasteiger partial charge in [0, 0.05) is 32.0 Å². The van der Waals surface area contributed by atoms with E-state index in [0.717, 1.165) is 44.8 Å². The van der Waals surface area contributed by atoms with Gasteiger partial charge in [-0.15, -0.1) is 0 Å². The zero-order valence-electron chi connectivity index (χ0n) is 14.6. The molecule has 2 atom stereocenters. The van der Waals surface area contributed by atoms with Crippen molar-refractivity contribution in [1.82, 2.24) is 25.1 Å². The third-order valence-electron chi connectivity index (χ3n) is 6.28. The average Bonchev–Trinajstić information content (AvgIpc) is 3.13. The molecule has 0 radical (unpaired) electrons. The summed E-state index contributed by atoms with van der Waals surface area (Å²) >= 11 is 0. The van der Waals surface area contributed by atoms with Gasteiger partial charge in [0.25, 0.3) is 0 Å². The molecule has 3 fully saturated rings. The van der Waals surface area contributed by atoms with Crippen LogP contribution in [-0.2, 0) is 18.4 Å². The molecule has 24 heavy (non-hydrogen) atoms. The fourth-order valence-corrected chi connectivity index (χ4v) is 4.57. The summed E-state index contributed by atoms with van der Waals surface area (Å²) in [5, 5.41) is 6.85. The number of piperidine rings is 2. The number of nitrogens with zero attached hydrogens (tertiary/aromatic N) is 3. The number of amides is 1. The van der Waals surface area contributed by atoms with E-state index in [9.17, 15) is 4.79 Å². The summed E-state index contributed by atoms with van der Waals surface area (Å²) in [6, 6.07) is 0.408. The fraction of sp³-hybridized carbons (Fsp3) is 0.778. The molecule has 2 N–H and O–H groups in total. The highest BCUT2D eigenvalue weighted by Gasteiger charge is 2.58. The highest BCUT2D eigenvalue weighted by molar-refractivity contribution is 5.80. The number of imidazole rings is 1. The number of carbonyl (C=O) groups is 1. The van der Waals surface area contributed by atoms with Crippen LogP contribution in [0.3, 0.4) is 0 Å². The molecule has 132 valence electrons. The van der Waals surface area contributed by atoms with Gasteiger partial charge < -0.3 is 20.1 Å². The maximum atomic E-state index is 13.3. The maximum Gasteiger partial charge on any atom is 0.227 e. The van der Waals surface area contributed by atoms with Crippen LogP contribution in [0.2, 0.25) is 0 Å². The van der Waals surface area contributed by atoms with Gasteiger partial charge in [0.15, 0.2) is 0 Å². The molecule has 0 unspecified atom stereocenters. The van der Waals surface area contributed by atoms with Crippen LogP contribution in [-0.4, -0.2) is 52.6 Å². The van der Waals surface area contributed by atoms with E-state index in [1.807, 2.05) is 24.0 Å². The van der Waals surface area contributed by atoms with Gasteiger partial charge in [-0.3, -0.25) is 4.79 Å². The Labute approximate surface area is 144 Å². The number of rotatable bonds is 4. The van der Waals surface area contributed by atoms with Crippen molar-refractivity contribution in [2.45, 2.75) is 44.7 Å². The summed E-state index contributed by atoms with van der Waals surface area (Å²) in [5.74, 6) is 1.46. The molecule has 4 rings (SSSR count). The zero-order valence-corrected chi connectivity index (χ0v) is 14.6. The first-order chi connectivity index (χ1) is 11.7. The van der Waals surface area contributed by atoms with Gasteiger partial charge in [-0.05, 0) is 57.2 Å². The van der Waals surface area contributed by atoms with E-state index in [2.05, 4.69) is 20.5 Å². The number of nitrogens with one attached hydrogen (secondary N) is 2. The molecule has 6 heteroatoms. The Morgan fingerprint density at radius 3 is 2.88 bits per heavy atom. The van der Waals surface area contributed by atoms with Crippen molar-refractivity contribution in [3.63, 3.8) is 0 Å². The number of aromatic nitrogens is 2. The van der Waals surface area contributed by atoms with E-state index in [-0.39, 0.29) is 5.92 Å². The predicted molar refractivity (Wildman–Crippen MR) is 92.3 cm³/mol. The molecule has 2 aliphatic heterocycles. The second-order valence-electron chi connectivity index (χ2n) is 7.80. The molecular weight excluding hydrogens is 302 g/mol. The van der Waals surface area contributed by atoms with Crippen LogP contribution >= 0.6 is 0 Å². The first kappa shape index (κ1) is 16.1. The molecule has 2 saturated heterocycles. The van der Waals surface area contributed by atoms with Gasteiger partial charge >= 0.3 is 0 Å². The van der Waals surface area contributed by atoms with Gasteiger partial charge in [0.1, 0.15) is 5.82 Å². The Morgan fingerprint density at radius 1 is 1.38 bits per heavy atom. The molecule has 0 aromatic carbocycles. The molecule has 6 nitrogen and oxygen atoms in total. The van der Waals surface area contributed by atoms with Crippen LogP contribution in [0.25, 0.3) is 0 Å². The van der Waals surface area contributed by atoms with E-state index in [1.165, 1.54) is 19.3 Å². The minimum Gasteiger partial charge on any atom is -0.337 e. The van der Waals surface area contributed by atoms with Crippen molar-refractivity contribution >= 4 is 5.91 Å². The van der Waals surface area contributed by atoms with Crippen LogP contribution in [0.1, 0.15) is 37.9 Å². The topological polar surface area (TPSA) is 62.2 Å². The van der Waals surface area contributed by atoms with Crippen LogP contribution in [0.5, 0.6) is 0 Å². The fourth-order valence-electron chi connectivity index (χ4n) is 4.57. The first-order valence-electron chi connectivity index (χ1n) is 9.38. The van der Waals surface area contributed by atoms with E-state index < -0.39 is 0 Å². The molecule has 1 spiro atoms. The summed E-state index contributed by atoms with van der Waals surface area (Å²) in [6.45, 7) is 4.70. The molecule has 1 amide bonds. The smallest absolute Gasteiger partial charge is 0.227 e. The molecule has 1 aliphatic carbocycles. The molecule has 3 heterocycles. The summed E-state index contributed by atoms with van der Waals surface area (Å²) in [7, 11) is 2.01. The third-order valence-corrected chi connectivity index (χ3v) is 6.28. The maximum absolute atomic E-state index is 13.3. The third kappa shape index (κ3) is 2.97.